The molecule has 3 nitrogen and oxygen atoms in total. The van der Waals surface area contributed by atoms with E-state index in [1.165, 1.54) is 77.0 Å². The fraction of sp³-hybridized carbons (Fsp3) is 0.947. The monoisotopic (exact) mass is 313 g/mol. The molecule has 0 aromatic rings. The van der Waals surface area contributed by atoms with E-state index in [0.717, 1.165) is 12.8 Å². The number of hydrogen-bond acceptors (Lipinski definition) is 2. The maximum atomic E-state index is 10.4. The Morgan fingerprint density at radius 2 is 1.18 bits per heavy atom. The predicted molar refractivity (Wildman–Crippen MR) is 95.2 cm³/mol. The predicted octanol–water partition coefficient (Wildman–Crippen LogP) is 5.66. The van der Waals surface area contributed by atoms with Crippen molar-refractivity contribution in [1.82, 2.24) is 0 Å². The third-order valence-corrected chi connectivity index (χ3v) is 4.41. The maximum Gasteiger partial charge on any atom is 0.303 e. The summed E-state index contributed by atoms with van der Waals surface area (Å²) in [5, 5.41) is 8.59. The van der Waals surface area contributed by atoms with Crippen LogP contribution in [0.1, 0.15) is 110 Å². The Hall–Kier alpha value is -0.570. The van der Waals surface area contributed by atoms with E-state index in [1.54, 1.807) is 0 Å². The summed E-state index contributed by atoms with van der Waals surface area (Å²) in [6.45, 7) is 2.27. The minimum Gasteiger partial charge on any atom is -0.481 e. The fourth-order valence-electron chi connectivity index (χ4n) is 2.88. The smallest absolute Gasteiger partial charge is 0.303 e. The SMILES string of the molecule is CCCCCCCCCCCCCCCC(N)CCC(=O)O. The lowest BCUT2D eigenvalue weighted by atomic mass is 10.0. The lowest BCUT2D eigenvalue weighted by Crippen LogP contribution is -2.20. The van der Waals surface area contributed by atoms with Crippen LogP contribution in [0.15, 0.2) is 0 Å². The quantitative estimate of drug-likeness (QED) is 0.340. The number of nitrogens with two attached hydrogens (primary N) is 1. The molecule has 0 amide bonds. The van der Waals surface area contributed by atoms with Gasteiger partial charge in [-0.1, -0.05) is 90.4 Å². The van der Waals surface area contributed by atoms with Crippen LogP contribution < -0.4 is 5.73 Å². The second-order valence-electron chi connectivity index (χ2n) is 6.72. The number of carboxylic acid groups (broad SMARTS) is 1. The molecule has 0 aliphatic carbocycles. The Labute approximate surface area is 138 Å². The maximum absolute atomic E-state index is 10.4. The highest BCUT2D eigenvalue weighted by molar-refractivity contribution is 5.66. The van der Waals surface area contributed by atoms with Crippen LogP contribution in [0.5, 0.6) is 0 Å². The van der Waals surface area contributed by atoms with E-state index in [0.29, 0.717) is 6.42 Å². The second kappa shape index (κ2) is 16.8. The minimum absolute atomic E-state index is 0.0730. The van der Waals surface area contributed by atoms with Gasteiger partial charge >= 0.3 is 5.97 Å². The molecular weight excluding hydrogens is 274 g/mol. The van der Waals surface area contributed by atoms with E-state index in [4.69, 9.17) is 10.8 Å². The molecular formula is C19H39NO2. The van der Waals surface area contributed by atoms with Gasteiger partial charge in [0.25, 0.3) is 0 Å². The molecule has 0 spiro atoms. The number of carbonyl (C=O) groups is 1. The summed E-state index contributed by atoms with van der Waals surface area (Å²) in [5.41, 5.74) is 5.90. The lowest BCUT2D eigenvalue weighted by Gasteiger charge is -2.09. The molecule has 3 heteroatoms. The zero-order chi connectivity index (χ0) is 16.5. The van der Waals surface area contributed by atoms with Gasteiger partial charge in [-0.2, -0.15) is 0 Å². The van der Waals surface area contributed by atoms with E-state index < -0.39 is 5.97 Å². The molecule has 3 N–H and O–H groups in total. The van der Waals surface area contributed by atoms with E-state index in [-0.39, 0.29) is 12.5 Å². The van der Waals surface area contributed by atoms with E-state index in [9.17, 15) is 4.79 Å². The van der Waals surface area contributed by atoms with Crippen molar-refractivity contribution in [3.8, 4) is 0 Å². The number of carboxylic acids is 1. The van der Waals surface area contributed by atoms with Crippen molar-refractivity contribution in [3.63, 3.8) is 0 Å². The molecule has 0 bridgehead atoms. The van der Waals surface area contributed by atoms with Crippen LogP contribution in [0.4, 0.5) is 0 Å². The van der Waals surface area contributed by atoms with E-state index in [2.05, 4.69) is 6.92 Å². The standard InChI is InChI=1S/C19H39NO2/c1-2-3-4-5-6-7-8-9-10-11-12-13-14-15-18(20)16-17-19(21)22/h18H,2-17,20H2,1H3,(H,21,22). The van der Waals surface area contributed by atoms with Crippen LogP contribution in [-0.4, -0.2) is 17.1 Å². The number of rotatable bonds is 17. The van der Waals surface area contributed by atoms with Gasteiger partial charge in [0.05, 0.1) is 0 Å². The molecule has 0 aromatic carbocycles. The van der Waals surface area contributed by atoms with E-state index in [1.807, 2.05) is 0 Å². The van der Waals surface area contributed by atoms with Crippen LogP contribution in [0.25, 0.3) is 0 Å². The molecule has 1 atom stereocenters. The van der Waals surface area contributed by atoms with E-state index >= 15 is 0 Å². The highest BCUT2D eigenvalue weighted by atomic mass is 16.4. The third kappa shape index (κ3) is 17.5. The molecule has 0 heterocycles. The first-order valence-corrected chi connectivity index (χ1v) is 9.64. The van der Waals surface area contributed by atoms with Crippen LogP contribution in [-0.2, 0) is 4.79 Å². The van der Waals surface area contributed by atoms with Crippen molar-refractivity contribution in [1.29, 1.82) is 0 Å². The molecule has 0 aromatic heterocycles. The second-order valence-corrected chi connectivity index (χ2v) is 6.72. The van der Waals surface area contributed by atoms with Crippen molar-refractivity contribution >= 4 is 5.97 Å². The van der Waals surface area contributed by atoms with Crippen molar-refractivity contribution in [3.05, 3.63) is 0 Å². The van der Waals surface area contributed by atoms with Crippen LogP contribution in [0, 0.1) is 0 Å². The topological polar surface area (TPSA) is 63.3 Å². The Balaban J connectivity index is 3.09. The summed E-state index contributed by atoms with van der Waals surface area (Å²) in [6, 6.07) is 0.0730. The summed E-state index contributed by atoms with van der Waals surface area (Å²) < 4.78 is 0. The summed E-state index contributed by atoms with van der Waals surface area (Å²) in [7, 11) is 0. The summed E-state index contributed by atoms with van der Waals surface area (Å²) in [4.78, 5) is 10.4. The number of hydrogen-bond donors (Lipinski definition) is 2. The number of aliphatic carboxylic acids is 1. The molecule has 0 fully saturated rings. The van der Waals surface area contributed by atoms with Gasteiger partial charge in [-0.05, 0) is 12.8 Å². The summed E-state index contributed by atoms with van der Waals surface area (Å²) >= 11 is 0. The van der Waals surface area contributed by atoms with Gasteiger partial charge in [0.2, 0.25) is 0 Å². The molecule has 1 unspecified atom stereocenters. The van der Waals surface area contributed by atoms with Gasteiger partial charge in [0.1, 0.15) is 0 Å². The molecule has 0 saturated carbocycles. The zero-order valence-electron chi connectivity index (χ0n) is 14.8. The Morgan fingerprint density at radius 1 is 0.773 bits per heavy atom. The molecule has 0 saturated heterocycles. The van der Waals surface area contributed by atoms with Gasteiger partial charge in [0, 0.05) is 12.5 Å². The van der Waals surface area contributed by atoms with Gasteiger partial charge in [0.15, 0.2) is 0 Å². The zero-order valence-corrected chi connectivity index (χ0v) is 14.8. The van der Waals surface area contributed by atoms with Crippen molar-refractivity contribution in [2.45, 2.75) is 116 Å². The average Bonchev–Trinajstić information content (AvgIpc) is 2.49. The molecule has 132 valence electrons. The van der Waals surface area contributed by atoms with Crippen LogP contribution >= 0.6 is 0 Å². The molecule has 0 radical (unpaired) electrons. The summed E-state index contributed by atoms with van der Waals surface area (Å²) in [6.07, 6.45) is 19.5. The van der Waals surface area contributed by atoms with Gasteiger partial charge in [-0.3, -0.25) is 4.79 Å². The molecule has 0 rings (SSSR count). The molecule has 0 aliphatic heterocycles. The minimum atomic E-state index is -0.735. The molecule has 0 aliphatic rings. The molecule has 22 heavy (non-hydrogen) atoms. The van der Waals surface area contributed by atoms with Crippen molar-refractivity contribution in [2.24, 2.45) is 5.73 Å². The summed E-state index contributed by atoms with van der Waals surface area (Å²) in [5.74, 6) is -0.735. The highest BCUT2D eigenvalue weighted by Gasteiger charge is 2.05. The number of unbranched alkanes of at least 4 members (excludes halogenated alkanes) is 12. The van der Waals surface area contributed by atoms with Gasteiger partial charge < -0.3 is 10.8 Å². The third-order valence-electron chi connectivity index (χ3n) is 4.41. The Bertz CT molecular complexity index is 244. The highest BCUT2D eigenvalue weighted by Crippen LogP contribution is 2.13. The van der Waals surface area contributed by atoms with Gasteiger partial charge in [-0.15, -0.1) is 0 Å². The average molecular weight is 314 g/mol. The van der Waals surface area contributed by atoms with Crippen LogP contribution in [0.3, 0.4) is 0 Å². The van der Waals surface area contributed by atoms with Crippen LogP contribution in [0.2, 0.25) is 0 Å². The first-order valence-electron chi connectivity index (χ1n) is 9.64. The van der Waals surface area contributed by atoms with Crippen molar-refractivity contribution < 1.29 is 9.90 Å². The lowest BCUT2D eigenvalue weighted by molar-refractivity contribution is -0.137. The first kappa shape index (κ1) is 21.4. The van der Waals surface area contributed by atoms with Crippen molar-refractivity contribution in [2.75, 3.05) is 0 Å². The Morgan fingerprint density at radius 3 is 1.59 bits per heavy atom. The largest absolute Gasteiger partial charge is 0.481 e. The van der Waals surface area contributed by atoms with Gasteiger partial charge in [-0.25, -0.2) is 0 Å². The normalized spacial score (nSPS) is 12.5. The Kier molecular flexibility index (Phi) is 16.4. The first-order chi connectivity index (χ1) is 10.7. The fourth-order valence-corrected chi connectivity index (χ4v) is 2.88.